The molecule has 1 rings (SSSR count). The molecule has 3 nitrogen and oxygen atoms in total. The quantitative estimate of drug-likeness (QED) is 0.792. The second-order valence-electron chi connectivity index (χ2n) is 4.24. The van der Waals surface area contributed by atoms with Crippen molar-refractivity contribution < 1.29 is 9.47 Å². The van der Waals surface area contributed by atoms with Gasteiger partial charge in [-0.3, -0.25) is 0 Å². The zero-order valence-corrected chi connectivity index (χ0v) is 11.0. The fourth-order valence-electron chi connectivity index (χ4n) is 2.05. The Morgan fingerprint density at radius 3 is 2.53 bits per heavy atom. The van der Waals surface area contributed by atoms with Gasteiger partial charge in [-0.15, -0.1) is 0 Å². The standard InChI is InChI=1S/C14H23NO2/c1-4-7-14(17-3)12(15)10-11-8-5-6-9-13(11)16-2/h5-6,8-9,12,14H,4,7,10,15H2,1-3H3. The van der Waals surface area contributed by atoms with E-state index >= 15 is 0 Å². The molecule has 2 N–H and O–H groups in total. The molecule has 0 bridgehead atoms. The molecule has 0 saturated carbocycles. The first-order valence-corrected chi connectivity index (χ1v) is 6.13. The first kappa shape index (κ1) is 14.0. The fraction of sp³-hybridized carbons (Fsp3) is 0.571. The van der Waals surface area contributed by atoms with Gasteiger partial charge in [0.05, 0.1) is 13.2 Å². The van der Waals surface area contributed by atoms with Crippen molar-refractivity contribution >= 4 is 0 Å². The number of methoxy groups -OCH3 is 2. The molecule has 0 aromatic heterocycles. The third-order valence-corrected chi connectivity index (χ3v) is 3.00. The van der Waals surface area contributed by atoms with Crippen LogP contribution in [-0.4, -0.2) is 26.4 Å². The van der Waals surface area contributed by atoms with Gasteiger partial charge >= 0.3 is 0 Å². The molecule has 0 aliphatic carbocycles. The lowest BCUT2D eigenvalue weighted by Gasteiger charge is -2.22. The number of rotatable bonds is 7. The van der Waals surface area contributed by atoms with Gasteiger partial charge in [-0.25, -0.2) is 0 Å². The fourth-order valence-corrected chi connectivity index (χ4v) is 2.05. The van der Waals surface area contributed by atoms with E-state index in [1.807, 2.05) is 18.2 Å². The Bertz CT molecular complexity index is 328. The van der Waals surface area contributed by atoms with Gasteiger partial charge in [0.25, 0.3) is 0 Å². The molecule has 1 aromatic carbocycles. The van der Waals surface area contributed by atoms with Crippen LogP contribution in [0.4, 0.5) is 0 Å². The third kappa shape index (κ3) is 4.02. The lowest BCUT2D eigenvalue weighted by molar-refractivity contribution is 0.0725. The molecular weight excluding hydrogens is 214 g/mol. The highest BCUT2D eigenvalue weighted by molar-refractivity contribution is 5.33. The van der Waals surface area contributed by atoms with E-state index in [1.165, 1.54) is 0 Å². The Labute approximate surface area is 104 Å². The maximum Gasteiger partial charge on any atom is 0.122 e. The molecule has 0 radical (unpaired) electrons. The summed E-state index contributed by atoms with van der Waals surface area (Å²) in [7, 11) is 3.41. The molecule has 96 valence electrons. The van der Waals surface area contributed by atoms with Crippen molar-refractivity contribution in [1.29, 1.82) is 0 Å². The van der Waals surface area contributed by atoms with Crippen LogP contribution in [0.15, 0.2) is 24.3 Å². The molecule has 0 heterocycles. The maximum atomic E-state index is 6.19. The molecule has 17 heavy (non-hydrogen) atoms. The van der Waals surface area contributed by atoms with Crippen LogP contribution in [0.3, 0.4) is 0 Å². The van der Waals surface area contributed by atoms with E-state index in [-0.39, 0.29) is 12.1 Å². The van der Waals surface area contributed by atoms with E-state index in [4.69, 9.17) is 15.2 Å². The smallest absolute Gasteiger partial charge is 0.122 e. The molecule has 0 spiro atoms. The van der Waals surface area contributed by atoms with E-state index in [2.05, 4.69) is 13.0 Å². The monoisotopic (exact) mass is 237 g/mol. The largest absolute Gasteiger partial charge is 0.496 e. The number of nitrogens with two attached hydrogens (primary N) is 1. The molecule has 0 amide bonds. The first-order valence-electron chi connectivity index (χ1n) is 6.13. The highest BCUT2D eigenvalue weighted by Crippen LogP contribution is 2.20. The topological polar surface area (TPSA) is 44.5 Å². The van der Waals surface area contributed by atoms with Crippen molar-refractivity contribution in [3.8, 4) is 5.75 Å². The first-order chi connectivity index (χ1) is 8.22. The van der Waals surface area contributed by atoms with Crippen LogP contribution in [-0.2, 0) is 11.2 Å². The van der Waals surface area contributed by atoms with Gasteiger partial charge in [0, 0.05) is 13.2 Å². The summed E-state index contributed by atoms with van der Waals surface area (Å²) in [6.07, 6.45) is 2.97. The average Bonchev–Trinajstić information content (AvgIpc) is 2.36. The van der Waals surface area contributed by atoms with Gasteiger partial charge in [0.15, 0.2) is 0 Å². The average molecular weight is 237 g/mol. The summed E-state index contributed by atoms with van der Waals surface area (Å²) < 4.78 is 10.8. The Balaban J connectivity index is 2.68. The van der Waals surface area contributed by atoms with Crippen molar-refractivity contribution in [2.75, 3.05) is 14.2 Å². The molecule has 0 aliphatic rings. The SMILES string of the molecule is CCCC(OC)C(N)Cc1ccccc1OC. The van der Waals surface area contributed by atoms with Crippen molar-refractivity contribution in [1.82, 2.24) is 0 Å². The van der Waals surface area contributed by atoms with Crippen molar-refractivity contribution in [2.45, 2.75) is 38.3 Å². The number of para-hydroxylation sites is 1. The van der Waals surface area contributed by atoms with E-state index in [9.17, 15) is 0 Å². The van der Waals surface area contributed by atoms with Crippen LogP contribution in [0, 0.1) is 0 Å². The summed E-state index contributed by atoms with van der Waals surface area (Å²) >= 11 is 0. The van der Waals surface area contributed by atoms with Crippen LogP contribution in [0.1, 0.15) is 25.3 Å². The zero-order chi connectivity index (χ0) is 12.7. The van der Waals surface area contributed by atoms with Gasteiger partial charge in [-0.1, -0.05) is 31.5 Å². The van der Waals surface area contributed by atoms with Crippen LogP contribution in [0.25, 0.3) is 0 Å². The highest BCUT2D eigenvalue weighted by Gasteiger charge is 2.18. The number of hydrogen-bond donors (Lipinski definition) is 1. The second kappa shape index (κ2) is 7.30. The van der Waals surface area contributed by atoms with Crippen molar-refractivity contribution in [3.05, 3.63) is 29.8 Å². The van der Waals surface area contributed by atoms with E-state index in [0.717, 1.165) is 30.6 Å². The molecule has 2 unspecified atom stereocenters. The summed E-state index contributed by atoms with van der Waals surface area (Å²) in [5.41, 5.74) is 7.33. The second-order valence-corrected chi connectivity index (χ2v) is 4.24. The molecule has 0 fully saturated rings. The summed E-state index contributed by atoms with van der Waals surface area (Å²) in [5.74, 6) is 0.898. The van der Waals surface area contributed by atoms with E-state index in [1.54, 1.807) is 14.2 Å². The van der Waals surface area contributed by atoms with Gasteiger partial charge in [-0.05, 0) is 24.5 Å². The van der Waals surface area contributed by atoms with Crippen molar-refractivity contribution in [2.24, 2.45) is 5.73 Å². The van der Waals surface area contributed by atoms with E-state index in [0.29, 0.717) is 0 Å². The summed E-state index contributed by atoms with van der Waals surface area (Å²) in [4.78, 5) is 0. The Kier molecular flexibility index (Phi) is 6.01. The minimum Gasteiger partial charge on any atom is -0.496 e. The number of ether oxygens (including phenoxy) is 2. The third-order valence-electron chi connectivity index (χ3n) is 3.00. The van der Waals surface area contributed by atoms with Gasteiger partial charge < -0.3 is 15.2 Å². The van der Waals surface area contributed by atoms with Gasteiger partial charge in [-0.2, -0.15) is 0 Å². The molecule has 0 saturated heterocycles. The highest BCUT2D eigenvalue weighted by atomic mass is 16.5. The summed E-state index contributed by atoms with van der Waals surface area (Å²) in [5, 5.41) is 0. The van der Waals surface area contributed by atoms with Crippen LogP contribution < -0.4 is 10.5 Å². The predicted octanol–water partition coefficient (Wildman–Crippen LogP) is 2.38. The lowest BCUT2D eigenvalue weighted by atomic mass is 9.98. The molecule has 0 aliphatic heterocycles. The van der Waals surface area contributed by atoms with Gasteiger partial charge in [0.1, 0.15) is 5.75 Å². The normalized spacial score (nSPS) is 14.4. The Hall–Kier alpha value is -1.06. The molecule has 1 aromatic rings. The number of hydrogen-bond acceptors (Lipinski definition) is 3. The van der Waals surface area contributed by atoms with Crippen LogP contribution >= 0.6 is 0 Å². The maximum absolute atomic E-state index is 6.19. The summed E-state index contributed by atoms with van der Waals surface area (Å²) in [6, 6.07) is 8.00. The molecule has 2 atom stereocenters. The lowest BCUT2D eigenvalue weighted by Crippen LogP contribution is -2.38. The zero-order valence-electron chi connectivity index (χ0n) is 11.0. The van der Waals surface area contributed by atoms with Crippen LogP contribution in [0.2, 0.25) is 0 Å². The van der Waals surface area contributed by atoms with Gasteiger partial charge in [0.2, 0.25) is 0 Å². The predicted molar refractivity (Wildman–Crippen MR) is 70.4 cm³/mol. The van der Waals surface area contributed by atoms with E-state index < -0.39 is 0 Å². The Morgan fingerprint density at radius 1 is 1.24 bits per heavy atom. The van der Waals surface area contributed by atoms with Crippen LogP contribution in [0.5, 0.6) is 5.75 Å². The minimum absolute atomic E-state index is 0.0104. The molecule has 3 heteroatoms. The van der Waals surface area contributed by atoms with Crippen molar-refractivity contribution in [3.63, 3.8) is 0 Å². The minimum atomic E-state index is 0.0104. The number of benzene rings is 1. The summed E-state index contributed by atoms with van der Waals surface area (Å²) in [6.45, 7) is 2.14. The Morgan fingerprint density at radius 2 is 1.94 bits per heavy atom. The molecular formula is C14H23NO2.